The molecule has 2 N–H and O–H groups in total. The van der Waals surface area contributed by atoms with Crippen LogP contribution in [-0.4, -0.2) is 24.0 Å². The van der Waals surface area contributed by atoms with Crippen LogP contribution in [0.4, 0.5) is 0 Å². The van der Waals surface area contributed by atoms with E-state index >= 15 is 0 Å². The van der Waals surface area contributed by atoms with Crippen LogP contribution in [0.2, 0.25) is 0 Å². The van der Waals surface area contributed by atoms with Gasteiger partial charge in [0.1, 0.15) is 0 Å². The highest BCUT2D eigenvalue weighted by Crippen LogP contribution is 2.15. The molecule has 0 aliphatic carbocycles. The molecule has 1 saturated heterocycles. The van der Waals surface area contributed by atoms with Crippen molar-refractivity contribution in [1.29, 1.82) is 0 Å². The molecule has 1 aliphatic rings. The number of amides is 1. The third-order valence-electron chi connectivity index (χ3n) is 3.04. The van der Waals surface area contributed by atoms with Crippen molar-refractivity contribution in [2.24, 2.45) is 11.8 Å². The Morgan fingerprint density at radius 3 is 3.12 bits per heavy atom. The van der Waals surface area contributed by atoms with Gasteiger partial charge in [-0.2, -0.15) is 0 Å². The van der Waals surface area contributed by atoms with E-state index in [1.165, 1.54) is 0 Å². The molecule has 0 saturated carbocycles. The first-order chi connectivity index (χ1) is 7.77. The number of hydrogen-bond donors (Lipinski definition) is 2. The Kier molecular flexibility index (Phi) is 3.51. The largest absolute Gasteiger partial charge is 0.352 e. The molecule has 1 aliphatic heterocycles. The standard InChI is InChI=1S/C12H17N3O/c1-9-5-14-8-11(9)12(16)15-7-10-3-2-4-13-6-10/h2-4,6,9,11,14H,5,7-8H2,1H3,(H,15,16)/t9-,11-/m1/s1. The van der Waals surface area contributed by atoms with Gasteiger partial charge in [-0.15, -0.1) is 0 Å². The van der Waals surface area contributed by atoms with Gasteiger partial charge in [-0.3, -0.25) is 9.78 Å². The van der Waals surface area contributed by atoms with Crippen LogP contribution >= 0.6 is 0 Å². The van der Waals surface area contributed by atoms with Gasteiger partial charge < -0.3 is 10.6 Å². The summed E-state index contributed by atoms with van der Waals surface area (Å²) in [6.45, 7) is 4.40. The molecule has 0 aromatic carbocycles. The van der Waals surface area contributed by atoms with Crippen molar-refractivity contribution in [3.63, 3.8) is 0 Å². The number of carbonyl (C=O) groups is 1. The second-order valence-electron chi connectivity index (χ2n) is 4.32. The van der Waals surface area contributed by atoms with Crippen molar-refractivity contribution in [3.8, 4) is 0 Å². The van der Waals surface area contributed by atoms with Gasteiger partial charge in [-0.25, -0.2) is 0 Å². The van der Waals surface area contributed by atoms with Crippen molar-refractivity contribution in [2.45, 2.75) is 13.5 Å². The maximum Gasteiger partial charge on any atom is 0.224 e. The van der Waals surface area contributed by atoms with Gasteiger partial charge in [0.2, 0.25) is 5.91 Å². The smallest absolute Gasteiger partial charge is 0.224 e. The second kappa shape index (κ2) is 5.07. The van der Waals surface area contributed by atoms with E-state index in [9.17, 15) is 4.79 Å². The minimum Gasteiger partial charge on any atom is -0.352 e. The molecule has 1 amide bonds. The highest BCUT2D eigenvalue weighted by atomic mass is 16.1. The first-order valence-corrected chi connectivity index (χ1v) is 5.64. The maximum atomic E-state index is 11.9. The monoisotopic (exact) mass is 219 g/mol. The van der Waals surface area contributed by atoms with E-state index in [1.54, 1.807) is 12.4 Å². The van der Waals surface area contributed by atoms with E-state index in [1.807, 2.05) is 12.1 Å². The molecule has 16 heavy (non-hydrogen) atoms. The fourth-order valence-corrected chi connectivity index (χ4v) is 1.98. The fourth-order valence-electron chi connectivity index (χ4n) is 1.98. The molecule has 1 aromatic heterocycles. The average molecular weight is 219 g/mol. The van der Waals surface area contributed by atoms with E-state index in [-0.39, 0.29) is 11.8 Å². The molecule has 1 aromatic rings. The number of nitrogens with zero attached hydrogens (tertiary/aromatic N) is 1. The number of aromatic nitrogens is 1. The number of nitrogens with one attached hydrogen (secondary N) is 2. The Labute approximate surface area is 95.5 Å². The van der Waals surface area contributed by atoms with Crippen LogP contribution in [0, 0.1) is 11.8 Å². The molecule has 2 rings (SSSR count). The molecule has 86 valence electrons. The molecule has 0 unspecified atom stereocenters. The van der Waals surface area contributed by atoms with E-state index in [0.717, 1.165) is 18.7 Å². The summed E-state index contributed by atoms with van der Waals surface area (Å²) in [7, 11) is 0. The predicted octanol–water partition coefficient (Wildman–Crippen LogP) is 0.553. The van der Waals surface area contributed by atoms with Gasteiger partial charge in [0, 0.05) is 25.5 Å². The molecule has 4 heteroatoms. The minimum atomic E-state index is 0.108. The summed E-state index contributed by atoms with van der Waals surface area (Å²) in [4.78, 5) is 15.9. The number of rotatable bonds is 3. The molecular formula is C12H17N3O. The van der Waals surface area contributed by atoms with Crippen LogP contribution in [0.1, 0.15) is 12.5 Å². The number of carbonyl (C=O) groups excluding carboxylic acids is 1. The number of hydrogen-bond acceptors (Lipinski definition) is 3. The topological polar surface area (TPSA) is 54.0 Å². The zero-order valence-corrected chi connectivity index (χ0v) is 9.44. The Bertz CT molecular complexity index is 353. The molecule has 0 bridgehead atoms. The predicted molar refractivity (Wildman–Crippen MR) is 61.6 cm³/mol. The summed E-state index contributed by atoms with van der Waals surface area (Å²) < 4.78 is 0. The molecule has 4 nitrogen and oxygen atoms in total. The minimum absolute atomic E-state index is 0.108. The van der Waals surface area contributed by atoms with Crippen molar-refractivity contribution >= 4 is 5.91 Å². The quantitative estimate of drug-likeness (QED) is 0.780. The maximum absolute atomic E-state index is 11.9. The molecule has 0 spiro atoms. The van der Waals surface area contributed by atoms with Crippen molar-refractivity contribution < 1.29 is 4.79 Å². The average Bonchev–Trinajstić information content (AvgIpc) is 2.74. The molecule has 2 heterocycles. The molecule has 1 fully saturated rings. The summed E-state index contributed by atoms with van der Waals surface area (Å²) in [5.41, 5.74) is 1.04. The van der Waals surface area contributed by atoms with E-state index in [2.05, 4.69) is 22.5 Å². The normalized spacial score (nSPS) is 24.3. The van der Waals surface area contributed by atoms with Crippen LogP contribution in [0.3, 0.4) is 0 Å². The molecular weight excluding hydrogens is 202 g/mol. The lowest BCUT2D eigenvalue weighted by molar-refractivity contribution is -0.125. The van der Waals surface area contributed by atoms with Crippen LogP contribution < -0.4 is 10.6 Å². The third kappa shape index (κ3) is 2.58. The highest BCUT2D eigenvalue weighted by molar-refractivity contribution is 5.79. The summed E-state index contributed by atoms with van der Waals surface area (Å²) in [5.74, 6) is 0.673. The first-order valence-electron chi connectivity index (χ1n) is 5.64. The molecule has 2 atom stereocenters. The van der Waals surface area contributed by atoms with Gasteiger partial charge in [-0.1, -0.05) is 13.0 Å². The van der Waals surface area contributed by atoms with Gasteiger partial charge >= 0.3 is 0 Å². The van der Waals surface area contributed by atoms with Gasteiger partial charge in [0.05, 0.1) is 5.92 Å². The Hall–Kier alpha value is -1.42. The fraction of sp³-hybridized carbons (Fsp3) is 0.500. The van der Waals surface area contributed by atoms with Gasteiger partial charge in [0.15, 0.2) is 0 Å². The second-order valence-corrected chi connectivity index (χ2v) is 4.32. The van der Waals surface area contributed by atoms with E-state index < -0.39 is 0 Å². The summed E-state index contributed by atoms with van der Waals surface area (Å²) >= 11 is 0. The Balaban J connectivity index is 1.84. The zero-order chi connectivity index (χ0) is 11.4. The van der Waals surface area contributed by atoms with Gasteiger partial charge in [-0.05, 0) is 24.1 Å². The lowest BCUT2D eigenvalue weighted by Gasteiger charge is -2.13. The van der Waals surface area contributed by atoms with Crippen LogP contribution in [0.25, 0.3) is 0 Å². The van der Waals surface area contributed by atoms with Crippen molar-refractivity contribution in [3.05, 3.63) is 30.1 Å². The Morgan fingerprint density at radius 2 is 2.50 bits per heavy atom. The summed E-state index contributed by atoms with van der Waals surface area (Å²) in [6, 6.07) is 3.84. The van der Waals surface area contributed by atoms with Crippen LogP contribution in [0.15, 0.2) is 24.5 Å². The Morgan fingerprint density at radius 1 is 1.62 bits per heavy atom. The van der Waals surface area contributed by atoms with E-state index in [0.29, 0.717) is 12.5 Å². The lowest BCUT2D eigenvalue weighted by atomic mass is 9.97. The molecule has 0 radical (unpaired) electrons. The van der Waals surface area contributed by atoms with Crippen molar-refractivity contribution in [1.82, 2.24) is 15.6 Å². The van der Waals surface area contributed by atoms with Gasteiger partial charge in [0.25, 0.3) is 0 Å². The first kappa shape index (κ1) is 11.1. The van der Waals surface area contributed by atoms with E-state index in [4.69, 9.17) is 0 Å². The van der Waals surface area contributed by atoms with Crippen LogP contribution in [0.5, 0.6) is 0 Å². The highest BCUT2D eigenvalue weighted by Gasteiger charge is 2.29. The summed E-state index contributed by atoms with van der Waals surface area (Å²) in [5, 5.41) is 6.18. The summed E-state index contributed by atoms with van der Waals surface area (Å²) in [6.07, 6.45) is 3.50. The van der Waals surface area contributed by atoms with Crippen LogP contribution in [-0.2, 0) is 11.3 Å². The SMILES string of the molecule is C[C@@H]1CNC[C@H]1C(=O)NCc1cccnc1. The third-order valence-corrected chi connectivity index (χ3v) is 3.04. The number of pyridine rings is 1. The lowest BCUT2D eigenvalue weighted by Crippen LogP contribution is -2.33. The van der Waals surface area contributed by atoms with Crippen molar-refractivity contribution in [2.75, 3.05) is 13.1 Å². The zero-order valence-electron chi connectivity index (χ0n) is 9.44.